The molecule has 0 saturated carbocycles. The van der Waals surface area contributed by atoms with E-state index in [-0.39, 0.29) is 11.7 Å². The number of esters is 1. The summed E-state index contributed by atoms with van der Waals surface area (Å²) in [6, 6.07) is 9.40. The number of carbonyl (C=O) groups excluding carboxylic acids is 1. The molecule has 7 nitrogen and oxygen atoms in total. The molecule has 8 heteroatoms. The number of benzene rings is 1. The Hall–Kier alpha value is -2.81. The Labute approximate surface area is 185 Å². The fraction of sp³-hybridized carbons (Fsp3) is 0.348. The van der Waals surface area contributed by atoms with Crippen LogP contribution in [0.2, 0.25) is 0 Å². The number of aliphatic hydroxyl groups excluding tert-OH is 1. The van der Waals surface area contributed by atoms with E-state index in [2.05, 4.69) is 16.5 Å². The monoisotopic (exact) mass is 441 g/mol. The van der Waals surface area contributed by atoms with Crippen molar-refractivity contribution in [3.63, 3.8) is 0 Å². The molecule has 2 aromatic heterocycles. The van der Waals surface area contributed by atoms with Gasteiger partial charge in [0, 0.05) is 13.1 Å². The molecule has 164 valence electrons. The Balaban J connectivity index is 1.86. The smallest absolute Gasteiger partial charge is 0.348 e. The molecule has 3 aromatic rings. The highest BCUT2D eigenvalue weighted by Crippen LogP contribution is 2.28. The highest BCUT2D eigenvalue weighted by atomic mass is 32.1. The molecule has 0 saturated heterocycles. The molecule has 0 aliphatic carbocycles. The second-order valence-corrected chi connectivity index (χ2v) is 8.61. The van der Waals surface area contributed by atoms with Crippen LogP contribution in [0.15, 0.2) is 47.8 Å². The second kappa shape index (κ2) is 10.00. The minimum absolute atomic E-state index is 0.248. The number of aromatic amines is 1. The third kappa shape index (κ3) is 5.46. The number of nitrogens with one attached hydrogen (secondary N) is 1. The number of hydrogen-bond donors (Lipinski definition) is 2. The van der Waals surface area contributed by atoms with Crippen molar-refractivity contribution in [3.05, 3.63) is 75.2 Å². The van der Waals surface area contributed by atoms with Crippen molar-refractivity contribution in [2.75, 3.05) is 13.1 Å². The Morgan fingerprint density at radius 1 is 1.35 bits per heavy atom. The van der Waals surface area contributed by atoms with Crippen LogP contribution in [0, 0.1) is 6.92 Å². The van der Waals surface area contributed by atoms with Gasteiger partial charge in [0.25, 0.3) is 5.56 Å². The van der Waals surface area contributed by atoms with E-state index in [9.17, 15) is 14.7 Å². The maximum absolute atomic E-state index is 12.7. The molecule has 3 rings (SSSR count). The van der Waals surface area contributed by atoms with Gasteiger partial charge < -0.3 is 14.8 Å². The third-order valence-corrected chi connectivity index (χ3v) is 5.92. The number of aliphatic hydroxyl groups is 1. The van der Waals surface area contributed by atoms with Crippen LogP contribution in [0.25, 0.3) is 10.2 Å². The van der Waals surface area contributed by atoms with Crippen LogP contribution in [-0.2, 0) is 11.3 Å². The largest absolute Gasteiger partial charge is 0.459 e. The van der Waals surface area contributed by atoms with E-state index in [0.29, 0.717) is 46.1 Å². The maximum Gasteiger partial charge on any atom is 0.348 e. The third-order valence-electron chi connectivity index (χ3n) is 4.75. The van der Waals surface area contributed by atoms with Crippen LogP contribution < -0.4 is 5.56 Å². The van der Waals surface area contributed by atoms with Crippen LogP contribution in [0.3, 0.4) is 0 Å². The Morgan fingerprint density at radius 3 is 2.71 bits per heavy atom. The summed E-state index contributed by atoms with van der Waals surface area (Å²) in [5.74, 6) is 0.0142. The number of aromatic nitrogens is 2. The topological polar surface area (TPSA) is 95.5 Å². The first-order chi connectivity index (χ1) is 14.8. The van der Waals surface area contributed by atoms with Gasteiger partial charge in [-0.2, -0.15) is 0 Å². The van der Waals surface area contributed by atoms with Crippen molar-refractivity contribution in [1.82, 2.24) is 14.9 Å². The van der Waals surface area contributed by atoms with Gasteiger partial charge in [-0.3, -0.25) is 9.69 Å². The molecule has 2 N–H and O–H groups in total. The lowest BCUT2D eigenvalue weighted by molar-refractivity contribution is 0.0383. The molecule has 0 spiro atoms. The molecule has 0 fully saturated rings. The number of fused-ring (bicyclic) bond motifs is 1. The van der Waals surface area contributed by atoms with Gasteiger partial charge in [-0.25, -0.2) is 9.78 Å². The van der Waals surface area contributed by atoms with E-state index in [0.717, 1.165) is 16.9 Å². The first-order valence-corrected chi connectivity index (χ1v) is 10.9. The van der Waals surface area contributed by atoms with E-state index >= 15 is 0 Å². The number of H-pyrrole nitrogens is 1. The normalized spacial score (nSPS) is 12.5. The lowest BCUT2D eigenvalue weighted by Crippen LogP contribution is -2.30. The molecule has 0 amide bonds. The summed E-state index contributed by atoms with van der Waals surface area (Å²) in [7, 11) is 0. The number of rotatable bonds is 9. The van der Waals surface area contributed by atoms with Gasteiger partial charge in [0.05, 0.1) is 24.1 Å². The number of hydrogen-bond acceptors (Lipinski definition) is 7. The van der Waals surface area contributed by atoms with Crippen molar-refractivity contribution < 1.29 is 14.6 Å². The lowest BCUT2D eigenvalue weighted by Gasteiger charge is -2.23. The number of aryl methyl sites for hydroxylation is 1. The van der Waals surface area contributed by atoms with Crippen LogP contribution in [0.4, 0.5) is 0 Å². The molecular formula is C23H27N3O4S. The minimum Gasteiger partial charge on any atom is -0.459 e. The zero-order valence-corrected chi connectivity index (χ0v) is 18.7. The summed E-state index contributed by atoms with van der Waals surface area (Å²) < 4.78 is 5.28. The Kier molecular flexibility index (Phi) is 7.37. The number of carbonyl (C=O) groups is 1. The summed E-state index contributed by atoms with van der Waals surface area (Å²) in [5.41, 5.74) is 1.10. The standard InChI is InChI=1S/C23H27N3O4S/c1-5-11-26(12-17(27)16-9-7-6-8-10-16)13-18-24-21(28)19-15(4)20(31-22(19)25-18)23(29)30-14(2)3/h5-10,14,17,27H,1,11-13H2,2-4H3,(H,24,25,28). The Morgan fingerprint density at radius 2 is 2.06 bits per heavy atom. The van der Waals surface area contributed by atoms with E-state index in [1.807, 2.05) is 35.2 Å². The van der Waals surface area contributed by atoms with Crippen molar-refractivity contribution in [2.45, 2.75) is 39.5 Å². The predicted octanol–water partition coefficient (Wildman–Crippen LogP) is 3.58. The SMILES string of the molecule is C=CCN(Cc1nc2sc(C(=O)OC(C)C)c(C)c2c(=O)[nH]1)CC(O)c1ccccc1. The molecule has 1 unspecified atom stereocenters. The first-order valence-electron chi connectivity index (χ1n) is 10.1. The van der Waals surface area contributed by atoms with Gasteiger partial charge in [-0.1, -0.05) is 36.4 Å². The fourth-order valence-corrected chi connectivity index (χ4v) is 4.43. The van der Waals surface area contributed by atoms with Crippen molar-refractivity contribution in [2.24, 2.45) is 0 Å². The average molecular weight is 442 g/mol. The van der Waals surface area contributed by atoms with Gasteiger partial charge >= 0.3 is 5.97 Å². The van der Waals surface area contributed by atoms with Gasteiger partial charge in [0.1, 0.15) is 15.5 Å². The Bertz CT molecular complexity index is 1120. The van der Waals surface area contributed by atoms with Crippen molar-refractivity contribution >= 4 is 27.5 Å². The number of nitrogens with zero attached hydrogens (tertiary/aromatic N) is 2. The summed E-state index contributed by atoms with van der Waals surface area (Å²) in [4.78, 5) is 35.3. The maximum atomic E-state index is 12.7. The zero-order chi connectivity index (χ0) is 22.5. The highest BCUT2D eigenvalue weighted by molar-refractivity contribution is 7.20. The second-order valence-electron chi connectivity index (χ2n) is 7.61. The van der Waals surface area contributed by atoms with Crippen molar-refractivity contribution in [3.8, 4) is 0 Å². The lowest BCUT2D eigenvalue weighted by atomic mass is 10.1. The summed E-state index contributed by atoms with van der Waals surface area (Å²) in [5, 5.41) is 11.0. The van der Waals surface area contributed by atoms with Crippen molar-refractivity contribution in [1.29, 1.82) is 0 Å². The molecule has 0 aliphatic heterocycles. The van der Waals surface area contributed by atoms with E-state index in [1.165, 1.54) is 0 Å². The molecular weight excluding hydrogens is 414 g/mol. The number of ether oxygens (including phenoxy) is 1. The molecule has 0 bridgehead atoms. The quantitative estimate of drug-likeness (QED) is 0.389. The molecule has 0 aliphatic rings. The molecule has 1 aromatic carbocycles. The van der Waals surface area contributed by atoms with Crippen LogP contribution >= 0.6 is 11.3 Å². The van der Waals surface area contributed by atoms with E-state index in [4.69, 9.17) is 4.74 Å². The molecule has 2 heterocycles. The van der Waals surface area contributed by atoms with Crippen LogP contribution in [0.5, 0.6) is 0 Å². The average Bonchev–Trinajstić information content (AvgIpc) is 3.05. The first kappa shape index (κ1) is 22.9. The predicted molar refractivity (Wildman–Crippen MR) is 122 cm³/mol. The fourth-order valence-electron chi connectivity index (χ4n) is 3.35. The summed E-state index contributed by atoms with van der Waals surface area (Å²) in [6.45, 7) is 10.3. The van der Waals surface area contributed by atoms with Crippen LogP contribution in [0.1, 0.15) is 46.6 Å². The van der Waals surface area contributed by atoms with E-state index in [1.54, 1.807) is 26.8 Å². The van der Waals surface area contributed by atoms with Crippen LogP contribution in [-0.4, -0.2) is 45.1 Å². The van der Waals surface area contributed by atoms with Gasteiger partial charge in [-0.05, 0) is 31.9 Å². The summed E-state index contributed by atoms with van der Waals surface area (Å²) in [6.07, 6.45) is 0.810. The molecule has 31 heavy (non-hydrogen) atoms. The highest BCUT2D eigenvalue weighted by Gasteiger charge is 2.22. The number of thiophene rings is 1. The molecule has 0 radical (unpaired) electrons. The molecule has 1 atom stereocenters. The van der Waals surface area contributed by atoms with E-state index < -0.39 is 12.1 Å². The van der Waals surface area contributed by atoms with Gasteiger partial charge in [0.15, 0.2) is 0 Å². The minimum atomic E-state index is -0.682. The van der Waals surface area contributed by atoms with Gasteiger partial charge in [-0.15, -0.1) is 17.9 Å². The zero-order valence-electron chi connectivity index (χ0n) is 17.9. The van der Waals surface area contributed by atoms with Gasteiger partial charge in [0.2, 0.25) is 0 Å². The summed E-state index contributed by atoms with van der Waals surface area (Å²) >= 11 is 1.16.